The summed E-state index contributed by atoms with van der Waals surface area (Å²) >= 11 is 0. The van der Waals surface area contributed by atoms with Gasteiger partial charge in [0.25, 0.3) is 0 Å². The van der Waals surface area contributed by atoms with E-state index in [2.05, 4.69) is 19.9 Å². The maximum Gasteiger partial charge on any atom is 0.333 e. The number of rotatable bonds is 3. The van der Waals surface area contributed by atoms with Crippen LogP contribution in [0.25, 0.3) is 0 Å². The van der Waals surface area contributed by atoms with Crippen LogP contribution in [0.15, 0.2) is 35.5 Å². The molecule has 1 aliphatic heterocycles. The van der Waals surface area contributed by atoms with Crippen LogP contribution in [-0.4, -0.2) is 47.3 Å². The van der Waals surface area contributed by atoms with Gasteiger partial charge in [0.15, 0.2) is 5.78 Å². The molecule has 1 unspecified atom stereocenters. The standard InChI is InChI=1S/C30H38O8/c1-15(31)36-23-14-21-28(5)11-10-22(33)27(3,4)20(28)13-24(37-16(2)32)30(21,7)19-9-8-18(29(19,23)6)17-12-25(34)38-26(17)35/h9-12,18,20-21,23-24,26,35H,8,13-14H2,1-7H3/t18-,20-,21+,23-,24+,26?,28-,29-,30-/m0/s1. The number of esters is 3. The molecule has 0 aromatic heterocycles. The SMILES string of the molecule is CC(=O)O[C@H]1C[C@@H]2[C@@]3(C)C=CC(=O)C(C)(C)[C@@H]3C[C@@H](OC(C)=O)[C@@]2(C)C2=CC[C@@H](C3=CC(=O)OC3O)[C@@]21C. The van der Waals surface area contributed by atoms with Crippen molar-refractivity contribution in [3.63, 3.8) is 0 Å². The van der Waals surface area contributed by atoms with Crippen LogP contribution in [-0.2, 0) is 33.4 Å². The van der Waals surface area contributed by atoms with Crippen molar-refractivity contribution in [2.45, 2.75) is 86.2 Å². The number of fused-ring (bicyclic) bond motifs is 5. The van der Waals surface area contributed by atoms with Crippen molar-refractivity contribution in [2.75, 3.05) is 0 Å². The van der Waals surface area contributed by atoms with E-state index >= 15 is 0 Å². The Morgan fingerprint density at radius 1 is 0.947 bits per heavy atom. The lowest BCUT2D eigenvalue weighted by Gasteiger charge is -2.67. The molecule has 5 aliphatic rings. The van der Waals surface area contributed by atoms with Gasteiger partial charge in [0.2, 0.25) is 6.29 Å². The molecule has 0 bridgehead atoms. The summed E-state index contributed by atoms with van der Waals surface area (Å²) in [7, 11) is 0. The van der Waals surface area contributed by atoms with Crippen LogP contribution >= 0.6 is 0 Å². The van der Waals surface area contributed by atoms with Crippen molar-refractivity contribution >= 4 is 23.7 Å². The van der Waals surface area contributed by atoms with Gasteiger partial charge in [-0.25, -0.2) is 4.79 Å². The molecule has 8 heteroatoms. The first kappa shape index (κ1) is 26.9. The Morgan fingerprint density at radius 2 is 1.53 bits per heavy atom. The highest BCUT2D eigenvalue weighted by molar-refractivity contribution is 5.95. The first-order valence-corrected chi connectivity index (χ1v) is 13.5. The minimum atomic E-state index is -1.36. The number of carbonyl (C=O) groups is 4. The quantitative estimate of drug-likeness (QED) is 0.335. The van der Waals surface area contributed by atoms with Gasteiger partial charge in [0.05, 0.1) is 0 Å². The fourth-order valence-electron chi connectivity index (χ4n) is 9.09. The number of cyclic esters (lactones) is 1. The molecule has 1 heterocycles. The highest BCUT2D eigenvalue weighted by atomic mass is 16.6. The van der Waals surface area contributed by atoms with E-state index in [-0.39, 0.29) is 29.5 Å². The number of hydrogen-bond acceptors (Lipinski definition) is 8. The molecular weight excluding hydrogens is 488 g/mol. The van der Waals surface area contributed by atoms with Crippen molar-refractivity contribution in [1.29, 1.82) is 0 Å². The second-order valence-corrected chi connectivity index (χ2v) is 13.0. The van der Waals surface area contributed by atoms with Gasteiger partial charge in [-0.2, -0.15) is 0 Å². The van der Waals surface area contributed by atoms with E-state index in [0.717, 1.165) is 5.57 Å². The topological polar surface area (TPSA) is 116 Å². The number of carbonyl (C=O) groups excluding carboxylic acids is 4. The predicted octanol–water partition coefficient (Wildman–Crippen LogP) is 3.82. The fraction of sp³-hybridized carbons (Fsp3) is 0.667. The van der Waals surface area contributed by atoms with Crippen LogP contribution in [0.1, 0.15) is 67.7 Å². The molecule has 206 valence electrons. The van der Waals surface area contributed by atoms with Crippen LogP contribution in [0.4, 0.5) is 0 Å². The molecule has 2 saturated carbocycles. The number of aliphatic hydroxyl groups is 1. The summed E-state index contributed by atoms with van der Waals surface area (Å²) in [6.45, 7) is 13.0. The number of ether oxygens (including phenoxy) is 3. The lowest BCUT2D eigenvalue weighted by molar-refractivity contribution is -0.204. The fourth-order valence-corrected chi connectivity index (χ4v) is 9.09. The largest absolute Gasteiger partial charge is 0.462 e. The minimum Gasteiger partial charge on any atom is -0.462 e. The van der Waals surface area contributed by atoms with Gasteiger partial charge in [0, 0.05) is 47.7 Å². The third-order valence-electron chi connectivity index (χ3n) is 10.8. The van der Waals surface area contributed by atoms with Crippen LogP contribution in [0.2, 0.25) is 0 Å². The zero-order valence-corrected chi connectivity index (χ0v) is 23.2. The summed E-state index contributed by atoms with van der Waals surface area (Å²) in [5.74, 6) is -1.91. The van der Waals surface area contributed by atoms with E-state index in [1.165, 1.54) is 19.9 Å². The van der Waals surface area contributed by atoms with Crippen molar-refractivity contribution < 1.29 is 38.5 Å². The van der Waals surface area contributed by atoms with E-state index in [4.69, 9.17) is 14.2 Å². The Balaban J connectivity index is 1.71. The Labute approximate surface area is 223 Å². The molecule has 0 aromatic rings. The Morgan fingerprint density at radius 3 is 2.08 bits per heavy atom. The summed E-state index contributed by atoms with van der Waals surface area (Å²) in [5, 5.41) is 10.6. The number of ketones is 1. The van der Waals surface area contributed by atoms with E-state index in [0.29, 0.717) is 24.8 Å². The minimum absolute atomic E-state index is 0.0503. The second kappa shape index (κ2) is 8.38. The first-order valence-electron chi connectivity index (χ1n) is 13.5. The van der Waals surface area contributed by atoms with Crippen LogP contribution in [0.5, 0.6) is 0 Å². The monoisotopic (exact) mass is 526 g/mol. The average Bonchev–Trinajstić information content (AvgIpc) is 3.33. The molecule has 0 saturated heterocycles. The average molecular weight is 527 g/mol. The number of hydrogen-bond donors (Lipinski definition) is 1. The third-order valence-corrected chi connectivity index (χ3v) is 10.8. The Kier molecular flexibility index (Phi) is 5.92. The molecular formula is C30H38O8. The molecule has 5 rings (SSSR count). The molecule has 0 aromatic carbocycles. The molecule has 9 atom stereocenters. The summed E-state index contributed by atoms with van der Waals surface area (Å²) in [4.78, 5) is 49.9. The molecule has 2 fully saturated rings. The lowest BCUT2D eigenvalue weighted by atomic mass is 9.38. The predicted molar refractivity (Wildman–Crippen MR) is 136 cm³/mol. The van der Waals surface area contributed by atoms with Crippen LogP contribution in [0, 0.1) is 39.4 Å². The van der Waals surface area contributed by atoms with Gasteiger partial charge in [-0.1, -0.05) is 52.3 Å². The van der Waals surface area contributed by atoms with Crippen LogP contribution < -0.4 is 0 Å². The summed E-state index contributed by atoms with van der Waals surface area (Å²) in [6, 6.07) is 0. The van der Waals surface area contributed by atoms with Crippen molar-refractivity contribution in [1.82, 2.24) is 0 Å². The zero-order chi connectivity index (χ0) is 28.0. The molecule has 38 heavy (non-hydrogen) atoms. The third kappa shape index (κ3) is 3.44. The van der Waals surface area contributed by atoms with Gasteiger partial charge in [-0.15, -0.1) is 0 Å². The van der Waals surface area contributed by atoms with Gasteiger partial charge >= 0.3 is 17.9 Å². The molecule has 4 aliphatic carbocycles. The van der Waals surface area contributed by atoms with E-state index in [9.17, 15) is 24.3 Å². The zero-order valence-electron chi connectivity index (χ0n) is 23.2. The van der Waals surface area contributed by atoms with E-state index < -0.39 is 52.1 Å². The summed E-state index contributed by atoms with van der Waals surface area (Å²) in [6.07, 6.45) is 6.23. The van der Waals surface area contributed by atoms with Crippen molar-refractivity contribution in [2.24, 2.45) is 39.4 Å². The van der Waals surface area contributed by atoms with E-state index in [1.807, 2.05) is 26.8 Å². The summed E-state index contributed by atoms with van der Waals surface area (Å²) < 4.78 is 17.2. The number of aliphatic hydroxyl groups excluding tert-OH is 1. The van der Waals surface area contributed by atoms with Gasteiger partial charge in [-0.3, -0.25) is 14.4 Å². The molecule has 0 spiro atoms. The summed E-state index contributed by atoms with van der Waals surface area (Å²) in [5.41, 5.74) is -1.05. The number of allylic oxidation sites excluding steroid dienone is 3. The van der Waals surface area contributed by atoms with Gasteiger partial charge in [-0.05, 0) is 42.6 Å². The molecule has 0 radical (unpaired) electrons. The molecule has 0 amide bonds. The smallest absolute Gasteiger partial charge is 0.333 e. The Bertz CT molecular complexity index is 1210. The highest BCUT2D eigenvalue weighted by Gasteiger charge is 2.71. The van der Waals surface area contributed by atoms with Crippen LogP contribution in [0.3, 0.4) is 0 Å². The van der Waals surface area contributed by atoms with Gasteiger partial charge < -0.3 is 19.3 Å². The van der Waals surface area contributed by atoms with Gasteiger partial charge in [0.1, 0.15) is 12.2 Å². The normalized spacial score (nSPS) is 44.7. The maximum absolute atomic E-state index is 13.0. The first-order chi connectivity index (χ1) is 17.6. The Hall–Kier alpha value is -2.74. The lowest BCUT2D eigenvalue weighted by Crippen LogP contribution is -2.67. The maximum atomic E-state index is 13.0. The van der Waals surface area contributed by atoms with E-state index in [1.54, 1.807) is 6.08 Å². The highest BCUT2D eigenvalue weighted by Crippen LogP contribution is 2.73. The van der Waals surface area contributed by atoms with Crippen molar-refractivity contribution in [3.8, 4) is 0 Å². The van der Waals surface area contributed by atoms with Crippen molar-refractivity contribution in [3.05, 3.63) is 35.5 Å². The molecule has 1 N–H and O–H groups in total. The second-order valence-electron chi connectivity index (χ2n) is 13.0. The molecule has 8 nitrogen and oxygen atoms in total.